The fourth-order valence-corrected chi connectivity index (χ4v) is 0.630. The van der Waals surface area contributed by atoms with Crippen LogP contribution in [0.1, 0.15) is 18.7 Å². The van der Waals surface area contributed by atoms with Gasteiger partial charge in [0.15, 0.2) is 0 Å². The summed E-state index contributed by atoms with van der Waals surface area (Å²) in [6.45, 7) is 5.35. The number of aromatic nitrogens is 2. The fraction of sp³-hybridized carbons (Fsp3) is 0.286. The quantitative estimate of drug-likeness (QED) is 0.572. The summed E-state index contributed by atoms with van der Waals surface area (Å²) in [6.07, 6.45) is 1.64. The number of hydrogen-bond donors (Lipinski definition) is 0. The Morgan fingerprint density at radius 1 is 1.70 bits per heavy atom. The molecule has 0 radical (unpaired) electrons. The molecular formula is C7H9N3. The summed E-state index contributed by atoms with van der Waals surface area (Å²) in [7, 11) is 0. The topological polar surface area (TPSA) is 38.1 Å². The van der Waals surface area contributed by atoms with Crippen LogP contribution in [-0.2, 0) is 0 Å². The zero-order valence-electron chi connectivity index (χ0n) is 5.86. The van der Waals surface area contributed by atoms with Gasteiger partial charge in [-0.15, -0.1) is 0 Å². The highest BCUT2D eigenvalue weighted by molar-refractivity contribution is 5.25. The van der Waals surface area contributed by atoms with Crippen LogP contribution < -0.4 is 0 Å². The molecule has 0 N–H and O–H groups in total. The van der Waals surface area contributed by atoms with Gasteiger partial charge in [-0.3, -0.25) is 4.99 Å². The highest BCUT2D eigenvalue weighted by Gasteiger charge is 2.00. The molecule has 0 aliphatic heterocycles. The largest absolute Gasteiger partial charge is 0.291 e. The Morgan fingerprint density at radius 2 is 2.50 bits per heavy atom. The molecule has 0 aliphatic rings. The molecule has 1 rings (SSSR count). The van der Waals surface area contributed by atoms with Crippen molar-refractivity contribution in [3.63, 3.8) is 0 Å². The van der Waals surface area contributed by atoms with Crippen molar-refractivity contribution >= 4 is 6.72 Å². The van der Waals surface area contributed by atoms with Crippen LogP contribution in [0.3, 0.4) is 0 Å². The molecule has 52 valence electrons. The molecular weight excluding hydrogens is 126 g/mol. The van der Waals surface area contributed by atoms with Gasteiger partial charge in [0.2, 0.25) is 0 Å². The van der Waals surface area contributed by atoms with Gasteiger partial charge < -0.3 is 0 Å². The van der Waals surface area contributed by atoms with Crippen molar-refractivity contribution in [2.75, 3.05) is 0 Å². The normalized spacial score (nSPS) is 12.5. The summed E-state index contributed by atoms with van der Waals surface area (Å²) >= 11 is 0. The Bertz CT molecular complexity index is 207. The minimum absolute atomic E-state index is 0.0497. The van der Waals surface area contributed by atoms with E-state index in [0.717, 1.165) is 5.69 Å². The van der Waals surface area contributed by atoms with E-state index in [0.29, 0.717) is 0 Å². The Kier molecular flexibility index (Phi) is 2.10. The van der Waals surface area contributed by atoms with E-state index in [4.69, 9.17) is 0 Å². The molecule has 0 spiro atoms. The summed E-state index contributed by atoms with van der Waals surface area (Å²) in [5.41, 5.74) is 0.859. The van der Waals surface area contributed by atoms with Gasteiger partial charge in [0.1, 0.15) is 0 Å². The predicted octanol–water partition coefficient (Wildman–Crippen LogP) is 1.24. The molecule has 0 aliphatic carbocycles. The lowest BCUT2D eigenvalue weighted by Gasteiger charge is -2.00. The van der Waals surface area contributed by atoms with E-state index >= 15 is 0 Å². The van der Waals surface area contributed by atoms with E-state index in [1.807, 2.05) is 19.1 Å². The maximum Gasteiger partial charge on any atom is 0.0903 e. The van der Waals surface area contributed by atoms with Gasteiger partial charge in [-0.05, 0) is 25.8 Å². The molecule has 0 aromatic carbocycles. The standard InChI is InChI=1S/C7H9N3/c1-6(8-2)7-4-3-5-9-10-7/h3-6H,2H2,1H3. The number of nitrogens with zero attached hydrogens (tertiary/aromatic N) is 3. The summed E-state index contributed by atoms with van der Waals surface area (Å²) in [6, 6.07) is 3.77. The van der Waals surface area contributed by atoms with Crippen LogP contribution in [0.5, 0.6) is 0 Å². The molecule has 3 heteroatoms. The zero-order chi connectivity index (χ0) is 7.40. The summed E-state index contributed by atoms with van der Waals surface area (Å²) in [4.78, 5) is 3.81. The maximum absolute atomic E-state index is 3.87. The van der Waals surface area contributed by atoms with Gasteiger partial charge in [-0.25, -0.2) is 0 Å². The van der Waals surface area contributed by atoms with Gasteiger partial charge in [-0.2, -0.15) is 10.2 Å². The van der Waals surface area contributed by atoms with Crippen molar-refractivity contribution in [3.8, 4) is 0 Å². The first-order valence-electron chi connectivity index (χ1n) is 3.08. The van der Waals surface area contributed by atoms with Crippen molar-refractivity contribution in [1.29, 1.82) is 0 Å². The first-order chi connectivity index (χ1) is 4.84. The lowest BCUT2D eigenvalue weighted by Crippen LogP contribution is -1.93. The van der Waals surface area contributed by atoms with E-state index in [2.05, 4.69) is 21.9 Å². The maximum atomic E-state index is 3.87. The Labute approximate surface area is 59.8 Å². The smallest absolute Gasteiger partial charge is 0.0903 e. The number of hydrogen-bond acceptors (Lipinski definition) is 3. The van der Waals surface area contributed by atoms with Gasteiger partial charge in [0.25, 0.3) is 0 Å². The Hall–Kier alpha value is -1.25. The molecule has 1 aromatic rings. The Balaban J connectivity index is 2.84. The molecule has 0 saturated carbocycles. The highest BCUT2D eigenvalue weighted by atomic mass is 15.1. The summed E-state index contributed by atoms with van der Waals surface area (Å²) < 4.78 is 0. The van der Waals surface area contributed by atoms with Gasteiger partial charge in [0, 0.05) is 6.20 Å². The third-order valence-electron chi connectivity index (χ3n) is 1.29. The second-order valence-electron chi connectivity index (χ2n) is 2.01. The van der Waals surface area contributed by atoms with Crippen LogP contribution in [-0.4, -0.2) is 16.9 Å². The van der Waals surface area contributed by atoms with Crippen LogP contribution >= 0.6 is 0 Å². The molecule has 1 aromatic heterocycles. The van der Waals surface area contributed by atoms with Crippen LogP contribution in [0.4, 0.5) is 0 Å². The van der Waals surface area contributed by atoms with E-state index in [1.165, 1.54) is 0 Å². The predicted molar refractivity (Wildman–Crippen MR) is 40.0 cm³/mol. The molecule has 0 saturated heterocycles. The third-order valence-corrected chi connectivity index (χ3v) is 1.29. The van der Waals surface area contributed by atoms with Crippen molar-refractivity contribution in [1.82, 2.24) is 10.2 Å². The van der Waals surface area contributed by atoms with E-state index in [1.54, 1.807) is 6.20 Å². The lowest BCUT2D eigenvalue weighted by molar-refractivity contribution is 0.759. The zero-order valence-corrected chi connectivity index (χ0v) is 5.86. The lowest BCUT2D eigenvalue weighted by atomic mass is 10.2. The molecule has 0 fully saturated rings. The molecule has 1 atom stereocenters. The van der Waals surface area contributed by atoms with Crippen molar-refractivity contribution in [2.24, 2.45) is 4.99 Å². The average molecular weight is 135 g/mol. The summed E-state index contributed by atoms with van der Waals surface area (Å²) in [5.74, 6) is 0. The summed E-state index contributed by atoms with van der Waals surface area (Å²) in [5, 5.41) is 7.58. The molecule has 1 unspecified atom stereocenters. The van der Waals surface area contributed by atoms with E-state index < -0.39 is 0 Å². The monoisotopic (exact) mass is 135 g/mol. The molecule has 10 heavy (non-hydrogen) atoms. The second-order valence-corrected chi connectivity index (χ2v) is 2.01. The average Bonchev–Trinajstić information content (AvgIpc) is 2.05. The molecule has 3 nitrogen and oxygen atoms in total. The van der Waals surface area contributed by atoms with Crippen LogP contribution in [0.2, 0.25) is 0 Å². The Morgan fingerprint density at radius 3 is 3.00 bits per heavy atom. The van der Waals surface area contributed by atoms with Crippen LogP contribution in [0, 0.1) is 0 Å². The minimum atomic E-state index is 0.0497. The van der Waals surface area contributed by atoms with Gasteiger partial charge >= 0.3 is 0 Å². The van der Waals surface area contributed by atoms with Crippen molar-refractivity contribution < 1.29 is 0 Å². The van der Waals surface area contributed by atoms with Gasteiger partial charge in [-0.1, -0.05) is 0 Å². The third kappa shape index (κ3) is 1.37. The van der Waals surface area contributed by atoms with Crippen molar-refractivity contribution in [3.05, 3.63) is 24.0 Å². The molecule has 0 bridgehead atoms. The van der Waals surface area contributed by atoms with Gasteiger partial charge in [0.05, 0.1) is 11.7 Å². The highest BCUT2D eigenvalue weighted by Crippen LogP contribution is 2.09. The number of aliphatic imine (C=N–C) groups is 1. The van der Waals surface area contributed by atoms with E-state index in [-0.39, 0.29) is 6.04 Å². The van der Waals surface area contributed by atoms with E-state index in [9.17, 15) is 0 Å². The second kappa shape index (κ2) is 3.06. The molecule has 0 amide bonds. The first kappa shape index (κ1) is 6.86. The van der Waals surface area contributed by atoms with Crippen LogP contribution in [0.15, 0.2) is 23.3 Å². The number of rotatable bonds is 2. The molecule has 1 heterocycles. The SMILES string of the molecule is C=NC(C)c1cccnn1. The van der Waals surface area contributed by atoms with Crippen LogP contribution in [0.25, 0.3) is 0 Å². The fourth-order valence-electron chi connectivity index (χ4n) is 0.630. The van der Waals surface area contributed by atoms with Crippen molar-refractivity contribution in [2.45, 2.75) is 13.0 Å². The first-order valence-corrected chi connectivity index (χ1v) is 3.08. The minimum Gasteiger partial charge on any atom is -0.291 e.